The molecule has 314 valence electrons. The third-order valence-electron chi connectivity index (χ3n) is 14.8. The lowest BCUT2D eigenvalue weighted by Gasteiger charge is -2.45. The number of phenols is 1. The van der Waals surface area contributed by atoms with Gasteiger partial charge in [0, 0.05) is 49.5 Å². The number of hydrogen-bond acceptors (Lipinski definition) is 4. The van der Waals surface area contributed by atoms with Crippen molar-refractivity contribution in [2.24, 2.45) is 11.3 Å². The first-order valence-electron chi connectivity index (χ1n) is 23.2. The molecule has 3 atom stereocenters. The predicted molar refractivity (Wildman–Crippen MR) is 253 cm³/mol. The van der Waals surface area contributed by atoms with Gasteiger partial charge in [-0.1, -0.05) is 185 Å². The van der Waals surface area contributed by atoms with Gasteiger partial charge in [-0.2, -0.15) is 23.5 Å². The van der Waals surface area contributed by atoms with Gasteiger partial charge < -0.3 is 10.2 Å². The molecule has 0 radical (unpaired) electrons. The fraction of sp³-hybridized carbons (Fsp3) is 0.593. The van der Waals surface area contributed by atoms with E-state index < -0.39 is 0 Å². The van der Waals surface area contributed by atoms with E-state index in [1.807, 2.05) is 0 Å². The minimum absolute atomic E-state index is 0.0171. The molecular formula is C54H74O2S2. The van der Waals surface area contributed by atoms with Crippen molar-refractivity contribution >= 4 is 23.5 Å². The Balaban J connectivity index is 1.18. The zero-order valence-electron chi connectivity index (χ0n) is 36.9. The molecule has 0 aromatic heterocycles. The Hall–Kier alpha value is -2.56. The van der Waals surface area contributed by atoms with Crippen LogP contribution in [0.3, 0.4) is 0 Å². The van der Waals surface area contributed by atoms with Gasteiger partial charge in [0.15, 0.2) is 0 Å². The van der Waals surface area contributed by atoms with Gasteiger partial charge in [0.2, 0.25) is 0 Å². The fourth-order valence-corrected chi connectivity index (χ4v) is 14.2. The van der Waals surface area contributed by atoms with Crippen LogP contribution in [0.25, 0.3) is 0 Å². The summed E-state index contributed by atoms with van der Waals surface area (Å²) in [6, 6.07) is 27.0. The van der Waals surface area contributed by atoms with Gasteiger partial charge in [-0.15, -0.1) is 0 Å². The molecule has 0 spiro atoms. The maximum Gasteiger partial charge on any atom is 0.123 e. The first-order chi connectivity index (χ1) is 27.8. The van der Waals surface area contributed by atoms with Gasteiger partial charge in [-0.3, -0.25) is 0 Å². The molecule has 0 aliphatic heterocycles. The lowest BCUT2D eigenvalue weighted by Crippen LogP contribution is -2.36. The van der Waals surface area contributed by atoms with E-state index >= 15 is 0 Å². The third-order valence-corrected chi connectivity index (χ3v) is 17.9. The summed E-state index contributed by atoms with van der Waals surface area (Å²) in [6.45, 7) is 14.2. The number of phenolic OH excluding ortho intramolecular Hbond substituents is 1. The van der Waals surface area contributed by atoms with Crippen LogP contribution in [0, 0.1) is 11.3 Å². The van der Waals surface area contributed by atoms with Crippen molar-refractivity contribution in [2.75, 3.05) is 5.75 Å². The zero-order valence-corrected chi connectivity index (χ0v) is 38.5. The Kier molecular flexibility index (Phi) is 14.0. The number of allylic oxidation sites excluding steroid dienone is 3. The molecule has 2 N–H and O–H groups in total. The second-order valence-corrected chi connectivity index (χ2v) is 23.1. The second-order valence-electron chi connectivity index (χ2n) is 20.7. The Morgan fingerprint density at radius 3 is 1.64 bits per heavy atom. The molecule has 3 saturated carbocycles. The molecule has 3 unspecified atom stereocenters. The SMILES string of the molecule is CC(C)(C)c1cc(CSC2CCCCCCC2SCC2=CC(C(C)(C)C)CC(C3(c4ccccc4)CCCCC3)=C2O)c(O)c(C2(c3ccccc3)CCCCC2)c1. The molecule has 4 heteroatoms. The number of hydrogen-bond donors (Lipinski definition) is 2. The highest BCUT2D eigenvalue weighted by atomic mass is 32.2. The summed E-state index contributed by atoms with van der Waals surface area (Å²) in [4.78, 5) is 0. The van der Waals surface area contributed by atoms with Crippen molar-refractivity contribution in [1.82, 2.24) is 0 Å². The Morgan fingerprint density at radius 2 is 1.10 bits per heavy atom. The van der Waals surface area contributed by atoms with Crippen LogP contribution in [0.2, 0.25) is 0 Å². The van der Waals surface area contributed by atoms with E-state index in [0.29, 0.717) is 27.9 Å². The molecule has 0 bridgehead atoms. The van der Waals surface area contributed by atoms with Crippen molar-refractivity contribution in [3.8, 4) is 5.75 Å². The van der Waals surface area contributed by atoms with Crippen LogP contribution < -0.4 is 0 Å². The van der Waals surface area contributed by atoms with Gasteiger partial charge in [-0.25, -0.2) is 0 Å². The molecule has 0 amide bonds. The molecule has 4 aliphatic rings. The molecule has 4 aliphatic carbocycles. The largest absolute Gasteiger partial charge is 0.508 e. The van der Waals surface area contributed by atoms with Crippen molar-refractivity contribution in [3.05, 3.63) is 124 Å². The second kappa shape index (κ2) is 18.6. The predicted octanol–water partition coefficient (Wildman–Crippen LogP) is 15.7. The molecule has 3 aromatic rings. The van der Waals surface area contributed by atoms with Crippen LogP contribution in [0.4, 0.5) is 0 Å². The summed E-state index contributed by atoms with van der Waals surface area (Å²) in [5.41, 5.74) is 8.74. The van der Waals surface area contributed by atoms with Crippen LogP contribution in [-0.4, -0.2) is 26.5 Å². The number of rotatable bonds is 10. The van der Waals surface area contributed by atoms with E-state index in [9.17, 15) is 10.2 Å². The van der Waals surface area contributed by atoms with Crippen molar-refractivity contribution in [2.45, 2.75) is 183 Å². The zero-order chi connectivity index (χ0) is 41.0. The summed E-state index contributed by atoms with van der Waals surface area (Å²) in [5.74, 6) is 3.25. The van der Waals surface area contributed by atoms with Crippen molar-refractivity contribution in [3.63, 3.8) is 0 Å². The monoisotopic (exact) mass is 819 g/mol. The molecule has 7 rings (SSSR count). The van der Waals surface area contributed by atoms with Gasteiger partial charge in [0.05, 0.1) is 0 Å². The van der Waals surface area contributed by atoms with Crippen LogP contribution >= 0.6 is 23.5 Å². The molecule has 3 aromatic carbocycles. The third kappa shape index (κ3) is 9.49. The first kappa shape index (κ1) is 43.5. The molecular weight excluding hydrogens is 745 g/mol. The highest BCUT2D eigenvalue weighted by Crippen LogP contribution is 2.54. The number of thioether (sulfide) groups is 2. The summed E-state index contributed by atoms with van der Waals surface area (Å²) < 4.78 is 0. The molecule has 58 heavy (non-hydrogen) atoms. The minimum atomic E-state index is -0.146. The van der Waals surface area contributed by atoms with E-state index in [2.05, 4.69) is 144 Å². The van der Waals surface area contributed by atoms with Gasteiger partial charge in [0.1, 0.15) is 11.5 Å². The lowest BCUT2D eigenvalue weighted by atomic mass is 9.60. The van der Waals surface area contributed by atoms with Gasteiger partial charge >= 0.3 is 0 Å². The van der Waals surface area contributed by atoms with Gasteiger partial charge in [-0.05, 0) is 84.0 Å². The average molecular weight is 819 g/mol. The maximum absolute atomic E-state index is 12.5. The molecule has 0 heterocycles. The van der Waals surface area contributed by atoms with Crippen LogP contribution in [0.1, 0.15) is 179 Å². The molecule has 2 nitrogen and oxygen atoms in total. The topological polar surface area (TPSA) is 40.5 Å². The van der Waals surface area contributed by atoms with Crippen molar-refractivity contribution in [1.29, 1.82) is 0 Å². The highest BCUT2D eigenvalue weighted by Gasteiger charge is 2.44. The van der Waals surface area contributed by atoms with Gasteiger partial charge in [0.25, 0.3) is 0 Å². The van der Waals surface area contributed by atoms with Crippen LogP contribution in [-0.2, 0) is 22.0 Å². The normalized spacial score (nSPS) is 24.4. The Labute approximate surface area is 361 Å². The number of benzene rings is 3. The standard InChI is InChI=1S/C54H74O2S2/c1-51(2,3)43-33-39(49(55)45(35-43)53(29-19-11-20-30-53)41-23-13-9-14-24-41)37-57-47-27-17-7-8-18-28-48(47)58-38-40-34-44(52(4,5)6)36-46(50(40)56)54(31-21-12-22-32-54)42-25-15-10-16-26-42/h9-10,13-16,23-26,33-35,44,47-48,55-56H,7-8,11-12,17-22,27-32,36-38H2,1-6H3. The lowest BCUT2D eigenvalue weighted by molar-refractivity contribution is 0.244. The summed E-state index contributed by atoms with van der Waals surface area (Å²) >= 11 is 4.22. The first-order valence-corrected chi connectivity index (χ1v) is 25.3. The van der Waals surface area contributed by atoms with Crippen LogP contribution in [0.15, 0.2) is 95.8 Å². The summed E-state index contributed by atoms with van der Waals surface area (Å²) in [5, 5.41) is 25.9. The summed E-state index contributed by atoms with van der Waals surface area (Å²) in [7, 11) is 0. The highest BCUT2D eigenvalue weighted by molar-refractivity contribution is 8.03. The van der Waals surface area contributed by atoms with E-state index in [0.717, 1.165) is 54.7 Å². The Bertz CT molecular complexity index is 1870. The number of aromatic hydroxyl groups is 1. The smallest absolute Gasteiger partial charge is 0.123 e. The quantitative estimate of drug-likeness (QED) is 0.214. The molecule has 3 fully saturated rings. The fourth-order valence-electron chi connectivity index (χ4n) is 11.1. The van der Waals surface area contributed by atoms with E-state index in [4.69, 9.17) is 0 Å². The van der Waals surface area contributed by atoms with E-state index in [1.165, 1.54) is 105 Å². The number of aliphatic hydroxyl groups excluding tert-OH is 1. The van der Waals surface area contributed by atoms with Crippen molar-refractivity contribution < 1.29 is 10.2 Å². The molecule has 0 saturated heterocycles. The maximum atomic E-state index is 12.5. The van der Waals surface area contributed by atoms with Crippen LogP contribution in [0.5, 0.6) is 5.75 Å². The minimum Gasteiger partial charge on any atom is -0.508 e. The van der Waals surface area contributed by atoms with E-state index in [1.54, 1.807) is 0 Å². The van der Waals surface area contributed by atoms with E-state index in [-0.39, 0.29) is 21.7 Å². The summed E-state index contributed by atoms with van der Waals surface area (Å²) in [6.07, 6.45) is 22.9. The average Bonchev–Trinajstić information content (AvgIpc) is 3.21. The number of aliphatic hydroxyl groups is 1. The Morgan fingerprint density at radius 1 is 0.603 bits per heavy atom.